The first-order valence-corrected chi connectivity index (χ1v) is 7.35. The fourth-order valence-corrected chi connectivity index (χ4v) is 3.46. The van der Waals surface area contributed by atoms with Crippen LogP contribution in [0.2, 0.25) is 0 Å². The molecule has 0 aliphatic carbocycles. The molecule has 0 aromatic carbocycles. The largest absolute Gasteiger partial charge is 0.319 e. The van der Waals surface area contributed by atoms with Crippen LogP contribution in [0.3, 0.4) is 0 Å². The lowest BCUT2D eigenvalue weighted by Gasteiger charge is -2.34. The van der Waals surface area contributed by atoms with E-state index in [1.165, 1.54) is 45.4 Å². The summed E-state index contributed by atoms with van der Waals surface area (Å²) >= 11 is 0. The van der Waals surface area contributed by atoms with Crippen LogP contribution in [0.1, 0.15) is 33.1 Å². The van der Waals surface area contributed by atoms with E-state index in [4.69, 9.17) is 0 Å². The van der Waals surface area contributed by atoms with Crippen LogP contribution in [-0.2, 0) is 0 Å². The van der Waals surface area contributed by atoms with Crippen LogP contribution in [0.15, 0.2) is 0 Å². The average molecular weight is 239 g/mol. The van der Waals surface area contributed by atoms with Crippen LogP contribution in [0.4, 0.5) is 0 Å². The maximum atomic E-state index is 3.31. The lowest BCUT2D eigenvalue weighted by Crippen LogP contribution is -2.45. The number of nitrogens with one attached hydrogen (secondary N) is 1. The molecule has 100 valence electrons. The molecule has 3 heteroatoms. The van der Waals surface area contributed by atoms with Crippen molar-refractivity contribution in [3.63, 3.8) is 0 Å². The molecule has 0 spiro atoms. The third-order valence-corrected chi connectivity index (χ3v) is 4.76. The van der Waals surface area contributed by atoms with Crippen molar-refractivity contribution in [2.75, 3.05) is 39.8 Å². The molecule has 0 radical (unpaired) electrons. The van der Waals surface area contributed by atoms with Gasteiger partial charge in [-0.2, -0.15) is 0 Å². The van der Waals surface area contributed by atoms with Gasteiger partial charge in [-0.25, -0.2) is 0 Å². The predicted molar refractivity (Wildman–Crippen MR) is 73.3 cm³/mol. The number of nitrogens with zero attached hydrogens (tertiary/aromatic N) is 2. The van der Waals surface area contributed by atoms with Crippen molar-refractivity contribution in [1.82, 2.24) is 15.1 Å². The molecule has 3 atom stereocenters. The van der Waals surface area contributed by atoms with Gasteiger partial charge in [-0.3, -0.25) is 9.80 Å². The molecule has 3 unspecified atom stereocenters. The summed E-state index contributed by atoms with van der Waals surface area (Å²) in [6.45, 7) is 11.2. The lowest BCUT2D eigenvalue weighted by molar-refractivity contribution is 0.145. The Kier molecular flexibility index (Phi) is 4.83. The topological polar surface area (TPSA) is 18.5 Å². The minimum atomic E-state index is 0.711. The van der Waals surface area contributed by atoms with E-state index in [0.717, 1.165) is 18.5 Å². The van der Waals surface area contributed by atoms with Gasteiger partial charge < -0.3 is 5.32 Å². The molecular formula is C14H29N3. The Bertz CT molecular complexity index is 232. The third kappa shape index (κ3) is 3.21. The van der Waals surface area contributed by atoms with Crippen LogP contribution >= 0.6 is 0 Å². The Morgan fingerprint density at radius 3 is 2.71 bits per heavy atom. The van der Waals surface area contributed by atoms with Gasteiger partial charge in [0.05, 0.1) is 0 Å². The zero-order valence-corrected chi connectivity index (χ0v) is 11.8. The molecule has 2 heterocycles. The highest BCUT2D eigenvalue weighted by molar-refractivity contribution is 4.87. The molecule has 2 aliphatic rings. The van der Waals surface area contributed by atoms with Crippen molar-refractivity contribution in [2.45, 2.75) is 45.2 Å². The second-order valence-corrected chi connectivity index (χ2v) is 5.96. The number of rotatable bonds is 4. The van der Waals surface area contributed by atoms with Crippen molar-refractivity contribution in [1.29, 1.82) is 0 Å². The van der Waals surface area contributed by atoms with Crippen molar-refractivity contribution in [3.05, 3.63) is 0 Å². The maximum Gasteiger partial charge on any atom is 0.0223 e. The van der Waals surface area contributed by atoms with Crippen LogP contribution in [0.5, 0.6) is 0 Å². The van der Waals surface area contributed by atoms with Gasteiger partial charge in [0.15, 0.2) is 0 Å². The first-order chi connectivity index (χ1) is 8.22. The van der Waals surface area contributed by atoms with Gasteiger partial charge in [0.2, 0.25) is 0 Å². The van der Waals surface area contributed by atoms with Gasteiger partial charge in [0.25, 0.3) is 0 Å². The molecule has 17 heavy (non-hydrogen) atoms. The normalized spacial score (nSPS) is 30.9. The highest BCUT2D eigenvalue weighted by atomic mass is 15.3. The molecule has 0 amide bonds. The van der Waals surface area contributed by atoms with E-state index >= 15 is 0 Å². The lowest BCUT2D eigenvalue weighted by atomic mass is 10.0. The predicted octanol–water partition coefficient (Wildman–Crippen LogP) is 1.40. The van der Waals surface area contributed by atoms with E-state index in [1.807, 2.05) is 0 Å². The summed E-state index contributed by atoms with van der Waals surface area (Å²) in [6, 6.07) is 1.56. The second kappa shape index (κ2) is 6.17. The SMILES string of the molecule is CNCC(C)C(C)N1CCCN2CCCC2C1. The Morgan fingerprint density at radius 1 is 1.18 bits per heavy atom. The zero-order chi connectivity index (χ0) is 12.3. The fourth-order valence-electron chi connectivity index (χ4n) is 3.46. The number of fused-ring (bicyclic) bond motifs is 1. The second-order valence-electron chi connectivity index (χ2n) is 5.96. The summed E-state index contributed by atoms with van der Waals surface area (Å²) in [5.74, 6) is 0.743. The van der Waals surface area contributed by atoms with E-state index in [0.29, 0.717) is 6.04 Å². The average Bonchev–Trinajstić information content (AvgIpc) is 2.66. The first kappa shape index (κ1) is 13.3. The van der Waals surface area contributed by atoms with E-state index in [-0.39, 0.29) is 0 Å². The van der Waals surface area contributed by atoms with Crippen molar-refractivity contribution in [2.24, 2.45) is 5.92 Å². The molecule has 0 aromatic heterocycles. The summed E-state index contributed by atoms with van der Waals surface area (Å²) in [5.41, 5.74) is 0. The summed E-state index contributed by atoms with van der Waals surface area (Å²) in [5, 5.41) is 3.31. The van der Waals surface area contributed by atoms with E-state index in [1.54, 1.807) is 0 Å². The Labute approximate surface area is 107 Å². The van der Waals surface area contributed by atoms with Crippen molar-refractivity contribution < 1.29 is 0 Å². The third-order valence-electron chi connectivity index (χ3n) is 4.76. The quantitative estimate of drug-likeness (QED) is 0.800. The number of hydrogen-bond donors (Lipinski definition) is 1. The Balaban J connectivity index is 1.91. The standard InChI is InChI=1S/C14H29N3/c1-12(10-15-3)13(2)17-9-5-8-16-7-4-6-14(16)11-17/h12-15H,4-11H2,1-3H3. The molecule has 0 bridgehead atoms. The monoisotopic (exact) mass is 239 g/mol. The van der Waals surface area contributed by atoms with Gasteiger partial charge in [-0.1, -0.05) is 6.92 Å². The minimum absolute atomic E-state index is 0.711. The molecule has 2 saturated heterocycles. The smallest absolute Gasteiger partial charge is 0.0223 e. The molecule has 0 saturated carbocycles. The summed E-state index contributed by atoms with van der Waals surface area (Å²) < 4.78 is 0. The molecule has 1 N–H and O–H groups in total. The van der Waals surface area contributed by atoms with Gasteiger partial charge in [0, 0.05) is 18.6 Å². The maximum absolute atomic E-state index is 3.31. The van der Waals surface area contributed by atoms with Gasteiger partial charge in [-0.05, 0) is 65.3 Å². The van der Waals surface area contributed by atoms with Crippen molar-refractivity contribution >= 4 is 0 Å². The van der Waals surface area contributed by atoms with E-state index < -0.39 is 0 Å². The van der Waals surface area contributed by atoms with Gasteiger partial charge >= 0.3 is 0 Å². The Morgan fingerprint density at radius 2 is 1.94 bits per heavy atom. The Hall–Kier alpha value is -0.120. The highest BCUT2D eigenvalue weighted by Gasteiger charge is 2.31. The zero-order valence-electron chi connectivity index (χ0n) is 11.8. The molecule has 2 rings (SSSR count). The summed E-state index contributed by atoms with van der Waals surface area (Å²) in [4.78, 5) is 5.45. The van der Waals surface area contributed by atoms with E-state index in [2.05, 4.69) is 36.0 Å². The van der Waals surface area contributed by atoms with Crippen LogP contribution in [0.25, 0.3) is 0 Å². The van der Waals surface area contributed by atoms with Gasteiger partial charge in [0.1, 0.15) is 0 Å². The van der Waals surface area contributed by atoms with Crippen LogP contribution in [0, 0.1) is 5.92 Å². The van der Waals surface area contributed by atoms with Crippen LogP contribution in [-0.4, -0.2) is 61.7 Å². The molecule has 2 aliphatic heterocycles. The van der Waals surface area contributed by atoms with E-state index in [9.17, 15) is 0 Å². The first-order valence-electron chi connectivity index (χ1n) is 7.35. The van der Waals surface area contributed by atoms with Crippen molar-refractivity contribution in [3.8, 4) is 0 Å². The summed E-state index contributed by atoms with van der Waals surface area (Å²) in [6.07, 6.45) is 4.19. The molecule has 3 nitrogen and oxygen atoms in total. The molecular weight excluding hydrogens is 210 g/mol. The fraction of sp³-hybridized carbons (Fsp3) is 1.00. The van der Waals surface area contributed by atoms with Gasteiger partial charge in [-0.15, -0.1) is 0 Å². The van der Waals surface area contributed by atoms with Crippen LogP contribution < -0.4 is 5.32 Å². The highest BCUT2D eigenvalue weighted by Crippen LogP contribution is 2.23. The molecule has 0 aromatic rings. The number of hydrogen-bond acceptors (Lipinski definition) is 3. The molecule has 2 fully saturated rings. The minimum Gasteiger partial charge on any atom is -0.319 e. The summed E-state index contributed by atoms with van der Waals surface area (Å²) in [7, 11) is 2.06.